The molecule has 110 valence electrons. The summed E-state index contributed by atoms with van der Waals surface area (Å²) >= 11 is 3.48. The Labute approximate surface area is 133 Å². The second kappa shape index (κ2) is 6.50. The second-order valence-electron chi connectivity index (χ2n) is 5.56. The van der Waals surface area contributed by atoms with Gasteiger partial charge < -0.3 is 14.9 Å². The summed E-state index contributed by atoms with van der Waals surface area (Å²) in [6.45, 7) is 5.53. The zero-order valence-corrected chi connectivity index (χ0v) is 13.5. The molecule has 1 fully saturated rings. The van der Waals surface area contributed by atoms with Crippen LogP contribution in [0.1, 0.15) is 5.56 Å². The van der Waals surface area contributed by atoms with Gasteiger partial charge in [-0.25, -0.2) is 0 Å². The van der Waals surface area contributed by atoms with E-state index in [1.807, 2.05) is 12.1 Å². The molecule has 2 aromatic carbocycles. The predicted molar refractivity (Wildman–Crippen MR) is 88.9 cm³/mol. The average molecular weight is 348 g/mol. The van der Waals surface area contributed by atoms with E-state index in [2.05, 4.69) is 45.1 Å². The topological polar surface area (TPSA) is 27.9 Å². The summed E-state index contributed by atoms with van der Waals surface area (Å²) in [6.07, 6.45) is 0. The fourth-order valence-electron chi connectivity index (χ4n) is 2.81. The molecule has 21 heavy (non-hydrogen) atoms. The van der Waals surface area contributed by atoms with Crippen LogP contribution in [0, 0.1) is 0 Å². The minimum Gasteiger partial charge on any atom is -0.508 e. The summed E-state index contributed by atoms with van der Waals surface area (Å²) in [4.78, 5) is 4.03. The number of quaternary nitrogens is 1. The van der Waals surface area contributed by atoms with Crippen molar-refractivity contribution in [1.29, 1.82) is 0 Å². The monoisotopic (exact) mass is 347 g/mol. The van der Waals surface area contributed by atoms with Crippen molar-refractivity contribution in [3.8, 4) is 5.75 Å². The van der Waals surface area contributed by atoms with Crippen molar-refractivity contribution >= 4 is 21.6 Å². The van der Waals surface area contributed by atoms with E-state index in [-0.39, 0.29) is 0 Å². The van der Waals surface area contributed by atoms with Crippen molar-refractivity contribution in [2.75, 3.05) is 31.1 Å². The molecular weight excluding hydrogens is 328 g/mol. The number of phenolic OH excluding ortho intramolecular Hbond substituents is 1. The van der Waals surface area contributed by atoms with Crippen LogP contribution in [0.4, 0.5) is 5.69 Å². The Morgan fingerprint density at radius 2 is 1.57 bits per heavy atom. The third-order valence-electron chi connectivity index (χ3n) is 4.05. The molecule has 0 atom stereocenters. The molecule has 0 unspecified atom stereocenters. The molecule has 1 saturated heterocycles. The van der Waals surface area contributed by atoms with E-state index in [1.54, 1.807) is 17.0 Å². The van der Waals surface area contributed by atoms with Gasteiger partial charge in [0.05, 0.1) is 26.2 Å². The number of hydrogen-bond donors (Lipinski definition) is 2. The molecule has 0 amide bonds. The largest absolute Gasteiger partial charge is 0.508 e. The fraction of sp³-hybridized carbons (Fsp3) is 0.294. The standard InChI is InChI=1S/C17H19BrN2O/c18-15-3-1-14(2-4-15)13-19-9-11-20(12-10-19)16-5-7-17(21)8-6-16/h1-8,21H,9-13H2/p+1. The highest BCUT2D eigenvalue weighted by molar-refractivity contribution is 9.10. The van der Waals surface area contributed by atoms with Crippen molar-refractivity contribution in [2.45, 2.75) is 6.54 Å². The van der Waals surface area contributed by atoms with Crippen LogP contribution >= 0.6 is 15.9 Å². The number of aromatic hydroxyl groups is 1. The van der Waals surface area contributed by atoms with Crippen molar-refractivity contribution in [3.63, 3.8) is 0 Å². The lowest BCUT2D eigenvalue weighted by Gasteiger charge is -2.33. The summed E-state index contributed by atoms with van der Waals surface area (Å²) in [5.74, 6) is 0.332. The Kier molecular flexibility index (Phi) is 4.46. The van der Waals surface area contributed by atoms with Gasteiger partial charge in [0, 0.05) is 15.7 Å². The number of anilines is 1. The smallest absolute Gasteiger partial charge is 0.115 e. The van der Waals surface area contributed by atoms with Crippen LogP contribution in [0.5, 0.6) is 5.75 Å². The number of phenols is 1. The van der Waals surface area contributed by atoms with E-state index in [1.165, 1.54) is 11.3 Å². The van der Waals surface area contributed by atoms with Crippen molar-refractivity contribution in [2.24, 2.45) is 0 Å². The Hall–Kier alpha value is -1.52. The van der Waals surface area contributed by atoms with E-state index in [9.17, 15) is 5.11 Å². The van der Waals surface area contributed by atoms with E-state index in [4.69, 9.17) is 0 Å². The van der Waals surface area contributed by atoms with Crippen LogP contribution in [0.2, 0.25) is 0 Å². The Morgan fingerprint density at radius 3 is 2.19 bits per heavy atom. The van der Waals surface area contributed by atoms with E-state index in [0.717, 1.165) is 37.2 Å². The van der Waals surface area contributed by atoms with Gasteiger partial charge in [-0.15, -0.1) is 0 Å². The van der Waals surface area contributed by atoms with Crippen LogP contribution < -0.4 is 9.80 Å². The van der Waals surface area contributed by atoms with Gasteiger partial charge in [0.1, 0.15) is 12.3 Å². The van der Waals surface area contributed by atoms with E-state index >= 15 is 0 Å². The fourth-order valence-corrected chi connectivity index (χ4v) is 3.08. The minimum atomic E-state index is 0.332. The molecule has 1 aliphatic rings. The Balaban J connectivity index is 1.55. The number of hydrogen-bond acceptors (Lipinski definition) is 2. The van der Waals surface area contributed by atoms with Crippen molar-refractivity contribution in [1.82, 2.24) is 0 Å². The highest BCUT2D eigenvalue weighted by atomic mass is 79.9. The summed E-state index contributed by atoms with van der Waals surface area (Å²) in [5.41, 5.74) is 2.60. The zero-order chi connectivity index (χ0) is 14.7. The molecular formula is C17H20BrN2O+. The highest BCUT2D eigenvalue weighted by Gasteiger charge is 2.20. The first kappa shape index (κ1) is 14.4. The van der Waals surface area contributed by atoms with Crippen LogP contribution in [0.3, 0.4) is 0 Å². The predicted octanol–water partition coefficient (Wildman–Crippen LogP) is 2.06. The van der Waals surface area contributed by atoms with Crippen LogP contribution in [-0.2, 0) is 6.54 Å². The Morgan fingerprint density at radius 1 is 0.952 bits per heavy atom. The first-order valence-corrected chi connectivity index (χ1v) is 8.12. The van der Waals surface area contributed by atoms with Gasteiger partial charge in [-0.1, -0.05) is 28.1 Å². The molecule has 2 aromatic rings. The van der Waals surface area contributed by atoms with E-state index < -0.39 is 0 Å². The van der Waals surface area contributed by atoms with Gasteiger partial charge >= 0.3 is 0 Å². The number of halogens is 1. The number of benzene rings is 2. The van der Waals surface area contributed by atoms with Gasteiger partial charge in [0.25, 0.3) is 0 Å². The summed E-state index contributed by atoms with van der Waals surface area (Å²) in [7, 11) is 0. The molecule has 0 spiro atoms. The molecule has 0 radical (unpaired) electrons. The third-order valence-corrected chi connectivity index (χ3v) is 4.58. The molecule has 0 aliphatic carbocycles. The molecule has 1 heterocycles. The minimum absolute atomic E-state index is 0.332. The van der Waals surface area contributed by atoms with Crippen molar-refractivity contribution in [3.05, 3.63) is 58.6 Å². The molecule has 3 nitrogen and oxygen atoms in total. The summed E-state index contributed by atoms with van der Waals surface area (Å²) in [5, 5.41) is 9.35. The van der Waals surface area contributed by atoms with Crippen LogP contribution in [0.25, 0.3) is 0 Å². The SMILES string of the molecule is Oc1ccc(N2CC[NH+](Cc3ccc(Br)cc3)CC2)cc1. The molecule has 3 rings (SSSR count). The lowest BCUT2D eigenvalue weighted by Crippen LogP contribution is -3.13. The Bertz CT molecular complexity index is 575. The number of nitrogens with zero attached hydrogens (tertiary/aromatic N) is 1. The van der Waals surface area contributed by atoms with Crippen molar-refractivity contribution < 1.29 is 10.0 Å². The number of nitrogens with one attached hydrogen (secondary N) is 1. The van der Waals surface area contributed by atoms with Gasteiger partial charge in [-0.2, -0.15) is 0 Å². The van der Waals surface area contributed by atoms with Gasteiger partial charge in [0.2, 0.25) is 0 Å². The van der Waals surface area contributed by atoms with Gasteiger partial charge in [-0.05, 0) is 36.4 Å². The van der Waals surface area contributed by atoms with Gasteiger partial charge in [0.15, 0.2) is 0 Å². The first-order valence-electron chi connectivity index (χ1n) is 7.33. The molecule has 1 aliphatic heterocycles. The molecule has 4 heteroatoms. The lowest BCUT2D eigenvalue weighted by atomic mass is 10.2. The normalized spacial score (nSPS) is 16.1. The zero-order valence-electron chi connectivity index (χ0n) is 11.9. The number of piperazine rings is 1. The summed E-state index contributed by atoms with van der Waals surface area (Å²) < 4.78 is 1.14. The maximum absolute atomic E-state index is 9.35. The molecule has 2 N–H and O–H groups in total. The summed E-state index contributed by atoms with van der Waals surface area (Å²) in [6, 6.07) is 16.1. The molecule has 0 saturated carbocycles. The first-order chi connectivity index (χ1) is 10.2. The molecule has 0 bridgehead atoms. The average Bonchev–Trinajstić information content (AvgIpc) is 2.51. The molecule has 0 aromatic heterocycles. The highest BCUT2D eigenvalue weighted by Crippen LogP contribution is 2.18. The quantitative estimate of drug-likeness (QED) is 0.889. The van der Waals surface area contributed by atoms with Crippen LogP contribution in [0.15, 0.2) is 53.0 Å². The number of rotatable bonds is 3. The van der Waals surface area contributed by atoms with E-state index in [0.29, 0.717) is 5.75 Å². The second-order valence-corrected chi connectivity index (χ2v) is 6.47. The maximum Gasteiger partial charge on any atom is 0.115 e. The lowest BCUT2D eigenvalue weighted by molar-refractivity contribution is -0.914. The maximum atomic E-state index is 9.35. The van der Waals surface area contributed by atoms with Gasteiger partial charge in [-0.3, -0.25) is 0 Å². The third kappa shape index (κ3) is 3.77. The van der Waals surface area contributed by atoms with Crippen LogP contribution in [-0.4, -0.2) is 31.3 Å².